The van der Waals surface area contributed by atoms with E-state index in [0.717, 1.165) is 5.69 Å². The van der Waals surface area contributed by atoms with Crippen molar-refractivity contribution in [1.82, 2.24) is 0 Å². The first-order chi connectivity index (χ1) is 9.52. The van der Waals surface area contributed by atoms with Crippen molar-refractivity contribution in [2.75, 3.05) is 18.2 Å². The first-order valence-electron chi connectivity index (χ1n) is 6.32. The van der Waals surface area contributed by atoms with E-state index in [4.69, 9.17) is 16.3 Å². The van der Waals surface area contributed by atoms with Crippen LogP contribution in [0.2, 0.25) is 5.02 Å². The van der Waals surface area contributed by atoms with Crippen LogP contribution in [0.1, 0.15) is 13.8 Å². The van der Waals surface area contributed by atoms with E-state index < -0.39 is 11.9 Å². The summed E-state index contributed by atoms with van der Waals surface area (Å²) in [7, 11) is 0. The molecule has 0 unspecified atom stereocenters. The number of hydrogen-bond acceptors (Lipinski definition) is 5. The van der Waals surface area contributed by atoms with Gasteiger partial charge in [0.2, 0.25) is 0 Å². The van der Waals surface area contributed by atoms with Gasteiger partial charge in [-0.2, -0.15) is 5.10 Å². The summed E-state index contributed by atoms with van der Waals surface area (Å²) >= 11 is 5.84. The van der Waals surface area contributed by atoms with Crippen LogP contribution in [0, 0.1) is 5.92 Å². The van der Waals surface area contributed by atoms with Gasteiger partial charge >= 0.3 is 5.97 Å². The molecule has 0 amide bonds. The molecule has 1 atom stereocenters. The zero-order valence-corrected chi connectivity index (χ0v) is 12.1. The van der Waals surface area contributed by atoms with Gasteiger partial charge in [0.05, 0.1) is 18.8 Å². The van der Waals surface area contributed by atoms with Crippen molar-refractivity contribution in [2.45, 2.75) is 13.8 Å². The molecule has 0 aliphatic carbocycles. The van der Waals surface area contributed by atoms with Crippen LogP contribution < -0.4 is 5.01 Å². The van der Waals surface area contributed by atoms with Gasteiger partial charge in [0.15, 0.2) is 5.78 Å². The number of halogens is 1. The van der Waals surface area contributed by atoms with Crippen LogP contribution in [0.15, 0.2) is 29.4 Å². The summed E-state index contributed by atoms with van der Waals surface area (Å²) in [5.74, 6) is -1.28. The third-order valence-electron chi connectivity index (χ3n) is 2.97. The maximum atomic E-state index is 11.9. The monoisotopic (exact) mass is 294 g/mol. The van der Waals surface area contributed by atoms with Gasteiger partial charge in [0.1, 0.15) is 11.6 Å². The van der Waals surface area contributed by atoms with Crippen molar-refractivity contribution in [3.8, 4) is 0 Å². The molecule has 0 N–H and O–H groups in total. The average molecular weight is 295 g/mol. The summed E-state index contributed by atoms with van der Waals surface area (Å²) in [5.41, 5.74) is 1.01. The molecule has 0 saturated heterocycles. The molecule has 1 aliphatic rings. The van der Waals surface area contributed by atoms with Gasteiger partial charge in [-0.15, -0.1) is 0 Å². The Bertz CT molecular complexity index is 554. The third kappa shape index (κ3) is 2.99. The first-order valence-corrected chi connectivity index (χ1v) is 6.70. The normalized spacial score (nSPS) is 17.9. The number of carbonyl (C=O) groups is 2. The molecule has 1 aliphatic heterocycles. The summed E-state index contributed by atoms with van der Waals surface area (Å²) in [6.45, 7) is 3.71. The average Bonchev–Trinajstić information content (AvgIpc) is 2.85. The molecule has 0 aromatic heterocycles. The number of hydrogen-bond donors (Lipinski definition) is 0. The Balaban J connectivity index is 2.24. The third-order valence-corrected chi connectivity index (χ3v) is 3.22. The van der Waals surface area contributed by atoms with Crippen LogP contribution in [0.4, 0.5) is 5.69 Å². The van der Waals surface area contributed by atoms with E-state index in [2.05, 4.69) is 5.10 Å². The zero-order valence-electron chi connectivity index (χ0n) is 11.3. The smallest absolute Gasteiger partial charge is 0.317 e. The maximum absolute atomic E-state index is 11.9. The lowest BCUT2D eigenvalue weighted by atomic mass is 10.0. The van der Waals surface area contributed by atoms with Gasteiger partial charge in [0, 0.05) is 11.9 Å². The van der Waals surface area contributed by atoms with Gasteiger partial charge in [0.25, 0.3) is 0 Å². The zero-order chi connectivity index (χ0) is 14.7. The second-order valence-corrected chi connectivity index (χ2v) is 4.84. The van der Waals surface area contributed by atoms with E-state index in [1.807, 2.05) is 0 Å². The van der Waals surface area contributed by atoms with E-state index in [0.29, 0.717) is 11.6 Å². The highest BCUT2D eigenvalue weighted by molar-refractivity contribution is 6.43. The van der Waals surface area contributed by atoms with Crippen molar-refractivity contribution in [3.63, 3.8) is 0 Å². The van der Waals surface area contributed by atoms with Gasteiger partial charge in [-0.1, -0.05) is 11.6 Å². The van der Waals surface area contributed by atoms with Crippen molar-refractivity contribution >= 4 is 34.8 Å². The number of rotatable bonds is 4. The number of ether oxygens (including phenoxy) is 1. The molecule has 0 saturated carbocycles. The number of nitrogens with zero attached hydrogens (tertiary/aromatic N) is 2. The summed E-state index contributed by atoms with van der Waals surface area (Å²) in [6, 6.07) is 7.04. The fourth-order valence-electron chi connectivity index (χ4n) is 2.02. The van der Waals surface area contributed by atoms with E-state index in [-0.39, 0.29) is 18.1 Å². The molecule has 20 heavy (non-hydrogen) atoms. The molecular weight excluding hydrogens is 280 g/mol. The Kier molecular flexibility index (Phi) is 4.39. The molecule has 2 rings (SSSR count). The van der Waals surface area contributed by atoms with Gasteiger partial charge in [-0.3, -0.25) is 14.6 Å². The number of anilines is 1. The van der Waals surface area contributed by atoms with Crippen LogP contribution in [0.5, 0.6) is 0 Å². The molecule has 1 heterocycles. The minimum Gasteiger partial charge on any atom is -0.465 e. The highest BCUT2D eigenvalue weighted by Gasteiger charge is 2.36. The molecule has 1 aromatic carbocycles. The number of esters is 1. The minimum atomic E-state index is -0.636. The largest absolute Gasteiger partial charge is 0.465 e. The van der Waals surface area contributed by atoms with E-state index >= 15 is 0 Å². The lowest BCUT2D eigenvalue weighted by Crippen LogP contribution is -2.31. The summed E-state index contributed by atoms with van der Waals surface area (Å²) in [6.07, 6.45) is 0. The maximum Gasteiger partial charge on any atom is 0.317 e. The van der Waals surface area contributed by atoms with Crippen LogP contribution in [0.3, 0.4) is 0 Å². The molecule has 0 bridgehead atoms. The van der Waals surface area contributed by atoms with E-state index in [9.17, 15) is 9.59 Å². The van der Waals surface area contributed by atoms with Gasteiger partial charge in [-0.25, -0.2) is 0 Å². The lowest BCUT2D eigenvalue weighted by Gasteiger charge is -2.15. The number of benzene rings is 1. The fourth-order valence-corrected chi connectivity index (χ4v) is 2.15. The Morgan fingerprint density at radius 2 is 2.05 bits per heavy atom. The molecule has 0 radical (unpaired) electrons. The summed E-state index contributed by atoms with van der Waals surface area (Å²) in [5, 5.41) is 6.46. The van der Waals surface area contributed by atoms with Crippen LogP contribution in [-0.2, 0) is 14.3 Å². The van der Waals surface area contributed by atoms with Crippen molar-refractivity contribution < 1.29 is 14.3 Å². The predicted octanol–water partition coefficient (Wildman–Crippen LogP) is 2.28. The van der Waals surface area contributed by atoms with Crippen molar-refractivity contribution in [2.24, 2.45) is 11.0 Å². The topological polar surface area (TPSA) is 59.0 Å². The van der Waals surface area contributed by atoms with E-state index in [1.54, 1.807) is 36.2 Å². The standard InChI is InChI=1S/C14H15ClN2O3/c1-3-20-14(19)12-8-17(16-13(12)9(2)18)11-6-4-10(15)5-7-11/h4-7,12H,3,8H2,1-2H3/t12-/m0/s1. The quantitative estimate of drug-likeness (QED) is 0.800. The fraction of sp³-hybridized carbons (Fsp3) is 0.357. The van der Waals surface area contributed by atoms with Gasteiger partial charge in [-0.05, 0) is 31.2 Å². The predicted molar refractivity (Wildman–Crippen MR) is 77.0 cm³/mol. The minimum absolute atomic E-state index is 0.223. The van der Waals surface area contributed by atoms with E-state index in [1.165, 1.54) is 6.92 Å². The molecule has 1 aromatic rings. The number of hydrazone groups is 1. The highest BCUT2D eigenvalue weighted by Crippen LogP contribution is 2.25. The van der Waals surface area contributed by atoms with Crippen LogP contribution in [-0.4, -0.2) is 30.6 Å². The second-order valence-electron chi connectivity index (χ2n) is 4.40. The van der Waals surface area contributed by atoms with Crippen LogP contribution >= 0.6 is 11.6 Å². The molecule has 6 heteroatoms. The molecule has 0 fully saturated rings. The number of carbonyl (C=O) groups excluding carboxylic acids is 2. The highest BCUT2D eigenvalue weighted by atomic mass is 35.5. The first kappa shape index (κ1) is 14.5. The van der Waals surface area contributed by atoms with Crippen LogP contribution in [0.25, 0.3) is 0 Å². The molecule has 106 valence electrons. The summed E-state index contributed by atoms with van der Waals surface area (Å²) < 4.78 is 4.99. The van der Waals surface area contributed by atoms with Gasteiger partial charge < -0.3 is 4.74 Å². The number of ketones is 1. The Labute approximate surface area is 122 Å². The number of Topliss-reactive ketones (excluding diaryl/α,β-unsaturated/α-hetero) is 1. The Hall–Kier alpha value is -1.88. The molecular formula is C14H15ClN2O3. The second kappa shape index (κ2) is 6.05. The SMILES string of the molecule is CCOC(=O)[C@H]1CN(c2ccc(Cl)cc2)N=C1C(C)=O. The Morgan fingerprint density at radius 3 is 2.60 bits per heavy atom. The lowest BCUT2D eigenvalue weighted by molar-refractivity contribution is -0.145. The Morgan fingerprint density at radius 1 is 1.40 bits per heavy atom. The molecule has 0 spiro atoms. The van der Waals surface area contributed by atoms with Crippen molar-refractivity contribution in [1.29, 1.82) is 0 Å². The van der Waals surface area contributed by atoms with Crippen molar-refractivity contribution in [3.05, 3.63) is 29.3 Å². The molecule has 5 nitrogen and oxygen atoms in total. The summed E-state index contributed by atoms with van der Waals surface area (Å²) in [4.78, 5) is 23.5.